The van der Waals surface area contributed by atoms with Crippen LogP contribution in [0.2, 0.25) is 0 Å². The van der Waals surface area contributed by atoms with Crippen LogP contribution in [0.25, 0.3) is 10.1 Å². The minimum Gasteiger partial charge on any atom is -0.466 e. The van der Waals surface area contributed by atoms with Gasteiger partial charge in [0.15, 0.2) is 17.5 Å². The van der Waals surface area contributed by atoms with E-state index in [0.29, 0.717) is 17.4 Å². The predicted molar refractivity (Wildman–Crippen MR) is 129 cm³/mol. The smallest absolute Gasteiger partial charge is 0.222 e. The maximum absolute atomic E-state index is 14.4. The molecule has 2 aromatic heterocycles. The Kier molecular flexibility index (Phi) is 4.61. The number of nitrogens with zero attached hydrogens (tertiary/aromatic N) is 1. The standard InChI is InChI=1S/C27H31NO5S/c1-13-11-26-14(2)9-18-20(25(18,3)4)17(22(26)31)10-15(12-29)21(30)27(26,32)23(13)33-24-16-6-8-34-19(16)5-7-28-24/h5-8,10-11,14,17-18,20-21,23,29-30,32H,9,12H2,1-4H3/t14-,17+,18-,20+,21-,23+,26?,27+/m1/s1. The number of fused-ring (bicyclic) bond motifs is 4. The molecule has 34 heavy (non-hydrogen) atoms. The van der Waals surface area contributed by atoms with E-state index in [1.165, 1.54) is 0 Å². The fourth-order valence-corrected chi connectivity index (χ4v) is 8.44. The van der Waals surface area contributed by atoms with Crippen molar-refractivity contribution in [2.45, 2.75) is 51.9 Å². The molecule has 0 saturated heterocycles. The summed E-state index contributed by atoms with van der Waals surface area (Å²) in [5.74, 6) is 0.0995. The highest BCUT2D eigenvalue weighted by molar-refractivity contribution is 7.17. The van der Waals surface area contributed by atoms with Gasteiger partial charge in [-0.05, 0) is 65.2 Å². The van der Waals surface area contributed by atoms with E-state index < -0.39 is 35.7 Å². The summed E-state index contributed by atoms with van der Waals surface area (Å²) in [6.45, 7) is 7.81. The number of allylic oxidation sites excluding steroid dienone is 1. The number of carbonyl (C=O) groups is 1. The number of hydrogen-bond donors (Lipinski definition) is 3. The molecule has 8 atom stereocenters. The molecule has 4 aliphatic rings. The van der Waals surface area contributed by atoms with Gasteiger partial charge < -0.3 is 20.1 Å². The average molecular weight is 482 g/mol. The third-order valence-electron chi connectivity index (χ3n) is 9.47. The van der Waals surface area contributed by atoms with E-state index in [0.717, 1.165) is 16.5 Å². The molecule has 1 spiro atoms. The first-order valence-electron chi connectivity index (χ1n) is 12.0. The summed E-state index contributed by atoms with van der Waals surface area (Å²) in [6, 6.07) is 3.83. The van der Waals surface area contributed by atoms with Gasteiger partial charge in [-0.3, -0.25) is 4.79 Å². The molecule has 0 aromatic carbocycles. The van der Waals surface area contributed by atoms with Gasteiger partial charge in [0.05, 0.1) is 17.4 Å². The van der Waals surface area contributed by atoms with Gasteiger partial charge in [0.25, 0.3) is 0 Å². The van der Waals surface area contributed by atoms with Gasteiger partial charge in [-0.25, -0.2) is 4.98 Å². The molecule has 2 heterocycles. The van der Waals surface area contributed by atoms with E-state index in [9.17, 15) is 20.1 Å². The lowest BCUT2D eigenvalue weighted by Gasteiger charge is -2.49. The zero-order valence-corrected chi connectivity index (χ0v) is 20.7. The number of carbonyl (C=O) groups excluding carboxylic acids is 1. The maximum atomic E-state index is 14.4. The van der Waals surface area contributed by atoms with Gasteiger partial charge >= 0.3 is 0 Å². The van der Waals surface area contributed by atoms with E-state index in [-0.39, 0.29) is 28.6 Å². The highest BCUT2D eigenvalue weighted by atomic mass is 32.1. The molecule has 4 aliphatic carbocycles. The fourth-order valence-electron chi connectivity index (χ4n) is 7.67. The number of aliphatic hydroxyl groups is 3. The summed E-state index contributed by atoms with van der Waals surface area (Å²) in [5.41, 5.74) is -2.28. The molecule has 2 saturated carbocycles. The maximum Gasteiger partial charge on any atom is 0.222 e. The monoisotopic (exact) mass is 481 g/mol. The molecule has 0 amide bonds. The normalized spacial score (nSPS) is 42.3. The number of aliphatic hydroxyl groups excluding tert-OH is 2. The zero-order valence-electron chi connectivity index (χ0n) is 19.9. The minimum atomic E-state index is -1.96. The lowest BCUT2D eigenvalue weighted by molar-refractivity contribution is -0.186. The summed E-state index contributed by atoms with van der Waals surface area (Å²) in [6.07, 6.45) is 3.62. The summed E-state index contributed by atoms with van der Waals surface area (Å²) < 4.78 is 7.41. The van der Waals surface area contributed by atoms with Crippen LogP contribution in [0.4, 0.5) is 0 Å². The van der Waals surface area contributed by atoms with Crippen molar-refractivity contribution >= 4 is 27.2 Å². The summed E-state index contributed by atoms with van der Waals surface area (Å²) in [7, 11) is 0. The average Bonchev–Trinajstić information content (AvgIpc) is 3.11. The Bertz CT molecular complexity index is 1260. The van der Waals surface area contributed by atoms with Crippen LogP contribution in [-0.2, 0) is 4.79 Å². The van der Waals surface area contributed by atoms with Crippen molar-refractivity contribution in [1.82, 2.24) is 4.98 Å². The fraction of sp³-hybridized carbons (Fsp3) is 0.556. The Morgan fingerprint density at radius 3 is 2.79 bits per heavy atom. The molecule has 2 aromatic rings. The van der Waals surface area contributed by atoms with Crippen molar-refractivity contribution in [2.24, 2.45) is 34.5 Å². The Morgan fingerprint density at radius 1 is 1.29 bits per heavy atom. The number of rotatable bonds is 3. The number of hydrogen-bond acceptors (Lipinski definition) is 7. The number of aromatic nitrogens is 1. The molecule has 0 aliphatic heterocycles. The molecule has 1 unspecified atom stereocenters. The van der Waals surface area contributed by atoms with E-state index in [1.54, 1.807) is 23.6 Å². The Labute approximate surface area is 203 Å². The van der Waals surface area contributed by atoms with Crippen LogP contribution in [0, 0.1) is 34.5 Å². The van der Waals surface area contributed by atoms with Crippen LogP contribution >= 0.6 is 11.3 Å². The molecule has 6 rings (SSSR count). The van der Waals surface area contributed by atoms with Gasteiger partial charge in [0, 0.05) is 16.8 Å². The van der Waals surface area contributed by atoms with Gasteiger partial charge in [-0.2, -0.15) is 0 Å². The lowest BCUT2D eigenvalue weighted by atomic mass is 9.59. The highest BCUT2D eigenvalue weighted by Crippen LogP contribution is 2.71. The van der Waals surface area contributed by atoms with Gasteiger partial charge in [-0.1, -0.05) is 32.9 Å². The number of ketones is 1. The van der Waals surface area contributed by atoms with Crippen LogP contribution in [0.15, 0.2) is 47.0 Å². The first-order valence-corrected chi connectivity index (χ1v) is 12.9. The highest BCUT2D eigenvalue weighted by Gasteiger charge is 2.76. The van der Waals surface area contributed by atoms with Gasteiger partial charge in [0.2, 0.25) is 5.88 Å². The van der Waals surface area contributed by atoms with Crippen LogP contribution in [0.3, 0.4) is 0 Å². The second-order valence-corrected chi connectivity index (χ2v) is 12.3. The number of thiophene rings is 1. The van der Waals surface area contributed by atoms with E-state index in [2.05, 4.69) is 18.8 Å². The Hall–Kier alpha value is -2.06. The second kappa shape index (κ2) is 7.00. The summed E-state index contributed by atoms with van der Waals surface area (Å²) >= 11 is 1.57. The molecule has 2 bridgehead atoms. The molecule has 7 heteroatoms. The van der Waals surface area contributed by atoms with Crippen molar-refractivity contribution in [3.05, 3.63) is 47.0 Å². The molecule has 3 N–H and O–H groups in total. The third-order valence-corrected chi connectivity index (χ3v) is 10.4. The molecular formula is C27H31NO5S. The third kappa shape index (κ3) is 2.51. The van der Waals surface area contributed by atoms with Crippen molar-refractivity contribution in [1.29, 1.82) is 0 Å². The van der Waals surface area contributed by atoms with Crippen molar-refractivity contribution in [3.63, 3.8) is 0 Å². The van der Waals surface area contributed by atoms with Crippen molar-refractivity contribution in [3.8, 4) is 5.88 Å². The first-order chi connectivity index (χ1) is 16.1. The molecule has 2 fully saturated rings. The molecular weight excluding hydrogens is 450 g/mol. The van der Waals surface area contributed by atoms with Crippen molar-refractivity contribution < 1.29 is 24.9 Å². The number of Topliss-reactive ketones (excluding diaryl/α,β-unsaturated/α-hetero) is 1. The Morgan fingerprint density at radius 2 is 2.06 bits per heavy atom. The van der Waals surface area contributed by atoms with E-state index in [4.69, 9.17) is 4.74 Å². The molecule has 0 radical (unpaired) electrons. The van der Waals surface area contributed by atoms with Crippen LogP contribution in [-0.4, -0.2) is 50.5 Å². The topological polar surface area (TPSA) is 99.9 Å². The molecule has 6 nitrogen and oxygen atoms in total. The first kappa shape index (κ1) is 22.4. The second-order valence-electron chi connectivity index (χ2n) is 11.3. The summed E-state index contributed by atoms with van der Waals surface area (Å²) in [5, 5.41) is 37.2. The largest absolute Gasteiger partial charge is 0.466 e. The quantitative estimate of drug-likeness (QED) is 0.580. The van der Waals surface area contributed by atoms with Gasteiger partial charge in [-0.15, -0.1) is 11.3 Å². The summed E-state index contributed by atoms with van der Waals surface area (Å²) in [4.78, 5) is 18.8. The van der Waals surface area contributed by atoms with Crippen LogP contribution in [0.5, 0.6) is 5.88 Å². The van der Waals surface area contributed by atoms with Crippen LogP contribution < -0.4 is 4.74 Å². The minimum absolute atomic E-state index is 0.00640. The van der Waals surface area contributed by atoms with E-state index in [1.807, 2.05) is 37.4 Å². The van der Waals surface area contributed by atoms with Gasteiger partial charge in [0.1, 0.15) is 6.10 Å². The van der Waals surface area contributed by atoms with Crippen LogP contribution in [0.1, 0.15) is 34.1 Å². The van der Waals surface area contributed by atoms with E-state index >= 15 is 0 Å². The lowest BCUT2D eigenvalue weighted by Crippen LogP contribution is -2.66. The van der Waals surface area contributed by atoms with Crippen molar-refractivity contribution in [2.75, 3.05) is 6.61 Å². The molecule has 180 valence electrons. The SMILES string of the molecule is CC1=CC23C(=O)[C@@H](C=C(CO)[C@@H](O)[C@]2(O)[C@H]1Oc1nccc2sccc12)[C@H]1[C@@H](C[C@H]3C)C1(C)C. The number of ether oxygens (including phenoxy) is 1. The zero-order chi connectivity index (χ0) is 24.2. The Balaban J connectivity index is 1.53. The predicted octanol–water partition coefficient (Wildman–Crippen LogP) is 3.51. The number of pyridine rings is 1.